The SMILES string of the molecule is O=C(O)CCn1cnnc1-c1cccnc1. The maximum absolute atomic E-state index is 10.5. The summed E-state index contributed by atoms with van der Waals surface area (Å²) < 4.78 is 1.70. The molecule has 2 aromatic rings. The topological polar surface area (TPSA) is 80.9 Å². The van der Waals surface area contributed by atoms with Crippen LogP contribution in [0.5, 0.6) is 0 Å². The number of carboxylic acid groups (broad SMARTS) is 1. The molecule has 1 N–H and O–H groups in total. The first-order chi connectivity index (χ1) is 7.77. The smallest absolute Gasteiger partial charge is 0.305 e. The van der Waals surface area contributed by atoms with Crippen LogP contribution in [0.3, 0.4) is 0 Å². The molecule has 0 saturated heterocycles. The summed E-state index contributed by atoms with van der Waals surface area (Å²) in [7, 11) is 0. The quantitative estimate of drug-likeness (QED) is 0.821. The third kappa shape index (κ3) is 2.22. The molecule has 0 saturated carbocycles. The van der Waals surface area contributed by atoms with Gasteiger partial charge in [-0.15, -0.1) is 10.2 Å². The summed E-state index contributed by atoms with van der Waals surface area (Å²) in [6.45, 7) is 0.354. The number of nitrogens with zero attached hydrogens (tertiary/aromatic N) is 4. The second kappa shape index (κ2) is 4.52. The van der Waals surface area contributed by atoms with Crippen molar-refractivity contribution in [1.29, 1.82) is 0 Å². The zero-order chi connectivity index (χ0) is 11.4. The molecule has 0 spiro atoms. The van der Waals surface area contributed by atoms with Gasteiger partial charge in [-0.2, -0.15) is 0 Å². The van der Waals surface area contributed by atoms with E-state index in [2.05, 4.69) is 15.2 Å². The average molecular weight is 218 g/mol. The van der Waals surface area contributed by atoms with E-state index in [1.54, 1.807) is 23.0 Å². The molecule has 0 bridgehead atoms. The first-order valence-corrected chi connectivity index (χ1v) is 4.77. The van der Waals surface area contributed by atoms with Crippen molar-refractivity contribution in [2.75, 3.05) is 0 Å². The summed E-state index contributed by atoms with van der Waals surface area (Å²) in [5.74, 6) is -0.208. The highest BCUT2D eigenvalue weighted by Gasteiger charge is 2.07. The van der Waals surface area contributed by atoms with Crippen LogP contribution >= 0.6 is 0 Å². The molecule has 0 aromatic carbocycles. The van der Waals surface area contributed by atoms with Gasteiger partial charge < -0.3 is 9.67 Å². The molecule has 0 amide bonds. The Morgan fingerprint density at radius 1 is 1.50 bits per heavy atom. The molecule has 0 unspecified atom stereocenters. The van der Waals surface area contributed by atoms with Gasteiger partial charge in [0.2, 0.25) is 0 Å². The second-order valence-electron chi connectivity index (χ2n) is 3.23. The number of hydrogen-bond donors (Lipinski definition) is 1. The Kier molecular flexibility index (Phi) is 2.90. The summed E-state index contributed by atoms with van der Waals surface area (Å²) in [5, 5.41) is 16.3. The van der Waals surface area contributed by atoms with Crippen molar-refractivity contribution < 1.29 is 9.90 Å². The molecule has 0 aliphatic heterocycles. The number of aryl methyl sites for hydroxylation is 1. The van der Waals surface area contributed by atoms with Crippen molar-refractivity contribution in [3.8, 4) is 11.4 Å². The number of carbonyl (C=O) groups is 1. The van der Waals surface area contributed by atoms with E-state index in [1.165, 1.54) is 6.33 Å². The van der Waals surface area contributed by atoms with Gasteiger partial charge in [0.25, 0.3) is 0 Å². The van der Waals surface area contributed by atoms with Crippen molar-refractivity contribution in [3.05, 3.63) is 30.9 Å². The lowest BCUT2D eigenvalue weighted by atomic mass is 10.2. The van der Waals surface area contributed by atoms with Gasteiger partial charge in [-0.05, 0) is 12.1 Å². The summed E-state index contributed by atoms with van der Waals surface area (Å²) in [5.41, 5.74) is 0.824. The molecule has 6 nitrogen and oxygen atoms in total. The first-order valence-electron chi connectivity index (χ1n) is 4.77. The minimum Gasteiger partial charge on any atom is -0.481 e. The maximum atomic E-state index is 10.5. The standard InChI is InChI=1S/C10H10N4O2/c15-9(16)3-5-14-7-12-13-10(14)8-2-1-4-11-6-8/h1-2,4,6-7H,3,5H2,(H,15,16). The van der Waals surface area contributed by atoms with Crippen molar-refractivity contribution in [2.45, 2.75) is 13.0 Å². The molecule has 2 rings (SSSR count). The third-order valence-corrected chi connectivity index (χ3v) is 2.10. The van der Waals surface area contributed by atoms with E-state index in [0.717, 1.165) is 5.56 Å². The molecule has 16 heavy (non-hydrogen) atoms. The molecule has 82 valence electrons. The third-order valence-electron chi connectivity index (χ3n) is 2.10. The Bertz CT molecular complexity index is 481. The highest BCUT2D eigenvalue weighted by Crippen LogP contribution is 2.14. The number of hydrogen-bond acceptors (Lipinski definition) is 4. The molecule has 0 radical (unpaired) electrons. The van der Waals surface area contributed by atoms with Crippen molar-refractivity contribution >= 4 is 5.97 Å². The molecule has 2 heterocycles. The van der Waals surface area contributed by atoms with Gasteiger partial charge in [0.15, 0.2) is 5.82 Å². The fourth-order valence-corrected chi connectivity index (χ4v) is 1.35. The van der Waals surface area contributed by atoms with E-state index in [9.17, 15) is 4.79 Å². The Hall–Kier alpha value is -2.24. The second-order valence-corrected chi connectivity index (χ2v) is 3.23. The highest BCUT2D eigenvalue weighted by molar-refractivity contribution is 5.66. The zero-order valence-corrected chi connectivity index (χ0v) is 8.45. The van der Waals surface area contributed by atoms with E-state index in [-0.39, 0.29) is 6.42 Å². The Morgan fingerprint density at radius 3 is 3.06 bits per heavy atom. The number of pyridine rings is 1. The number of rotatable bonds is 4. The molecule has 0 aliphatic rings. The van der Waals surface area contributed by atoms with Crippen LogP contribution in [-0.4, -0.2) is 30.8 Å². The monoisotopic (exact) mass is 218 g/mol. The molecular weight excluding hydrogens is 208 g/mol. The van der Waals surface area contributed by atoms with Gasteiger partial charge in [-0.3, -0.25) is 9.78 Å². The Labute approximate surface area is 91.6 Å². The fraction of sp³-hybridized carbons (Fsp3) is 0.200. The highest BCUT2D eigenvalue weighted by atomic mass is 16.4. The van der Waals surface area contributed by atoms with Crippen molar-refractivity contribution in [3.63, 3.8) is 0 Å². The molecular formula is C10H10N4O2. The number of aliphatic carboxylic acids is 1. The van der Waals surface area contributed by atoms with Crippen molar-refractivity contribution in [2.24, 2.45) is 0 Å². The van der Waals surface area contributed by atoms with E-state index < -0.39 is 5.97 Å². The maximum Gasteiger partial charge on any atom is 0.305 e. The van der Waals surface area contributed by atoms with Crippen molar-refractivity contribution in [1.82, 2.24) is 19.7 Å². The summed E-state index contributed by atoms with van der Waals surface area (Å²) in [6, 6.07) is 3.65. The van der Waals surface area contributed by atoms with Gasteiger partial charge in [0.05, 0.1) is 6.42 Å². The summed E-state index contributed by atoms with van der Waals surface area (Å²) >= 11 is 0. The van der Waals surface area contributed by atoms with E-state index in [0.29, 0.717) is 12.4 Å². The van der Waals surface area contributed by atoms with E-state index in [4.69, 9.17) is 5.11 Å². The number of carboxylic acids is 1. The minimum atomic E-state index is -0.842. The van der Waals surface area contributed by atoms with Gasteiger partial charge in [-0.25, -0.2) is 0 Å². The molecule has 0 atom stereocenters. The van der Waals surface area contributed by atoms with Crippen LogP contribution in [0, 0.1) is 0 Å². The van der Waals surface area contributed by atoms with Crippen LogP contribution in [0.1, 0.15) is 6.42 Å². The Morgan fingerprint density at radius 2 is 2.38 bits per heavy atom. The van der Waals surface area contributed by atoms with Gasteiger partial charge >= 0.3 is 5.97 Å². The van der Waals surface area contributed by atoms with E-state index in [1.807, 2.05) is 6.07 Å². The summed E-state index contributed by atoms with van der Waals surface area (Å²) in [4.78, 5) is 14.5. The molecule has 2 aromatic heterocycles. The van der Waals surface area contributed by atoms with Crippen LogP contribution in [0.2, 0.25) is 0 Å². The van der Waals surface area contributed by atoms with Crippen LogP contribution in [-0.2, 0) is 11.3 Å². The van der Waals surface area contributed by atoms with Crippen LogP contribution in [0.15, 0.2) is 30.9 Å². The van der Waals surface area contributed by atoms with Gasteiger partial charge in [-0.1, -0.05) is 0 Å². The van der Waals surface area contributed by atoms with Gasteiger partial charge in [0.1, 0.15) is 6.33 Å². The van der Waals surface area contributed by atoms with Crippen LogP contribution in [0.25, 0.3) is 11.4 Å². The largest absolute Gasteiger partial charge is 0.481 e. The predicted molar refractivity (Wildman–Crippen MR) is 55.5 cm³/mol. The number of aromatic nitrogens is 4. The average Bonchev–Trinajstić information content (AvgIpc) is 2.75. The molecule has 0 aliphatic carbocycles. The van der Waals surface area contributed by atoms with Crippen LogP contribution in [0.4, 0.5) is 0 Å². The summed E-state index contributed by atoms with van der Waals surface area (Å²) in [6.07, 6.45) is 4.90. The van der Waals surface area contributed by atoms with Crippen LogP contribution < -0.4 is 0 Å². The molecule has 6 heteroatoms. The molecule has 0 fully saturated rings. The first kappa shape index (κ1) is 10.3. The Balaban J connectivity index is 2.23. The lowest BCUT2D eigenvalue weighted by Gasteiger charge is -2.03. The predicted octanol–water partition coefficient (Wildman–Crippen LogP) is 0.815. The zero-order valence-electron chi connectivity index (χ0n) is 8.45. The lowest BCUT2D eigenvalue weighted by molar-refractivity contribution is -0.137. The van der Waals surface area contributed by atoms with Gasteiger partial charge in [0, 0.05) is 24.5 Å². The fourth-order valence-electron chi connectivity index (χ4n) is 1.35. The minimum absolute atomic E-state index is 0.0469. The van der Waals surface area contributed by atoms with E-state index >= 15 is 0 Å². The normalized spacial score (nSPS) is 10.2. The lowest BCUT2D eigenvalue weighted by Crippen LogP contribution is -2.05.